The maximum Gasteiger partial charge on any atom is 0.337 e. The Morgan fingerprint density at radius 3 is 2.56 bits per heavy atom. The number of methoxy groups -OCH3 is 1. The molecule has 45 heavy (non-hydrogen) atoms. The molecule has 1 aromatic heterocycles. The smallest absolute Gasteiger partial charge is 0.337 e. The van der Waals surface area contributed by atoms with E-state index < -0.39 is 12.0 Å². The number of halogens is 2. The summed E-state index contributed by atoms with van der Waals surface area (Å²) < 4.78 is 35.7. The number of amides is 1. The number of carbonyl (C=O) groups excluding carboxylic acids is 2. The molecule has 1 saturated heterocycles. The fourth-order valence-electron chi connectivity index (χ4n) is 6.19. The number of hydrogen-bond acceptors (Lipinski definition) is 7. The van der Waals surface area contributed by atoms with Crippen molar-refractivity contribution in [1.29, 1.82) is 0 Å². The van der Waals surface area contributed by atoms with Crippen LogP contribution in [-0.2, 0) is 20.9 Å². The summed E-state index contributed by atoms with van der Waals surface area (Å²) in [5, 5.41) is 7.33. The molecular weight excluding hydrogens is 599 g/mol. The van der Waals surface area contributed by atoms with E-state index in [1.807, 2.05) is 18.2 Å². The Balaban J connectivity index is 1.05. The summed E-state index contributed by atoms with van der Waals surface area (Å²) in [6, 6.07) is 17.2. The lowest BCUT2D eigenvalue weighted by molar-refractivity contribution is -0.117. The van der Waals surface area contributed by atoms with Gasteiger partial charge in [-0.25, -0.2) is 4.79 Å². The quantitative estimate of drug-likeness (QED) is 0.161. The summed E-state index contributed by atoms with van der Waals surface area (Å²) in [7, 11) is 1.34. The third-order valence-electron chi connectivity index (χ3n) is 8.77. The lowest BCUT2D eigenvalue weighted by Crippen LogP contribution is -2.33. The van der Waals surface area contributed by atoms with Crippen molar-refractivity contribution in [2.24, 2.45) is 5.92 Å². The Bertz CT molecular complexity index is 1680. The Kier molecular flexibility index (Phi) is 9.56. The normalized spacial score (nSPS) is 19.5. The molecule has 0 spiro atoms. The Hall–Kier alpha value is -4.08. The zero-order valence-electron chi connectivity index (χ0n) is 25.1. The van der Waals surface area contributed by atoms with E-state index in [9.17, 15) is 14.0 Å². The van der Waals surface area contributed by atoms with Gasteiger partial charge in [-0.15, -0.1) is 0 Å². The van der Waals surface area contributed by atoms with Gasteiger partial charge in [-0.2, -0.15) is 4.39 Å². The number of esters is 1. The molecule has 10 heteroatoms. The monoisotopic (exact) mass is 634 g/mol. The molecule has 0 bridgehead atoms. The van der Waals surface area contributed by atoms with Gasteiger partial charge in [-0.3, -0.25) is 4.79 Å². The fourth-order valence-corrected chi connectivity index (χ4v) is 6.39. The highest BCUT2D eigenvalue weighted by Gasteiger charge is 2.27. The van der Waals surface area contributed by atoms with Gasteiger partial charge in [-0.1, -0.05) is 35.9 Å². The summed E-state index contributed by atoms with van der Waals surface area (Å²) in [5.74, 6) is 0.868. The lowest BCUT2D eigenvalue weighted by Gasteiger charge is -2.30. The van der Waals surface area contributed by atoms with Crippen LogP contribution in [0.2, 0.25) is 5.02 Å². The van der Waals surface area contributed by atoms with Crippen molar-refractivity contribution in [3.8, 4) is 5.75 Å². The Labute approximate surface area is 266 Å². The number of ether oxygens (including phenoxy) is 3. The van der Waals surface area contributed by atoms with Crippen molar-refractivity contribution in [3.63, 3.8) is 0 Å². The highest BCUT2D eigenvalue weighted by atomic mass is 35.5. The van der Waals surface area contributed by atoms with Crippen molar-refractivity contribution in [1.82, 2.24) is 0 Å². The van der Waals surface area contributed by atoms with Gasteiger partial charge in [0, 0.05) is 36.6 Å². The molecule has 0 unspecified atom stereocenters. The molecule has 6 rings (SSSR count). The molecule has 2 fully saturated rings. The van der Waals surface area contributed by atoms with E-state index in [0.29, 0.717) is 51.8 Å². The van der Waals surface area contributed by atoms with Crippen molar-refractivity contribution < 1.29 is 32.6 Å². The minimum atomic E-state index is -0.683. The predicted octanol–water partition coefficient (Wildman–Crippen LogP) is 8.09. The Morgan fingerprint density at radius 2 is 1.80 bits per heavy atom. The molecule has 1 atom stereocenters. The molecule has 3 aromatic carbocycles. The molecule has 236 valence electrons. The molecule has 8 nitrogen and oxygen atoms in total. The second-order valence-corrected chi connectivity index (χ2v) is 12.1. The predicted molar refractivity (Wildman–Crippen MR) is 171 cm³/mol. The maximum atomic E-state index is 13.8. The van der Waals surface area contributed by atoms with Gasteiger partial charge >= 0.3 is 5.97 Å². The number of anilines is 2. The third-order valence-corrected chi connectivity index (χ3v) is 9.10. The minimum Gasteiger partial charge on any atom is -0.488 e. The van der Waals surface area contributed by atoms with Crippen molar-refractivity contribution in [2.45, 2.75) is 57.2 Å². The molecule has 2 heterocycles. The van der Waals surface area contributed by atoms with Gasteiger partial charge in [0.25, 0.3) is 6.01 Å². The van der Waals surface area contributed by atoms with E-state index >= 15 is 0 Å². The minimum absolute atomic E-state index is 0.0559. The van der Waals surface area contributed by atoms with Crippen LogP contribution in [0.25, 0.3) is 11.0 Å². The van der Waals surface area contributed by atoms with Crippen molar-refractivity contribution in [3.05, 3.63) is 88.4 Å². The average Bonchev–Trinajstić information content (AvgIpc) is 3.43. The van der Waals surface area contributed by atoms with Crippen LogP contribution in [0.1, 0.15) is 65.9 Å². The number of rotatable bonds is 11. The zero-order chi connectivity index (χ0) is 31.3. The van der Waals surface area contributed by atoms with Gasteiger partial charge in [0.1, 0.15) is 17.9 Å². The first-order valence-electron chi connectivity index (χ1n) is 15.3. The van der Waals surface area contributed by atoms with Crippen LogP contribution >= 0.6 is 11.6 Å². The SMILES string of the molecule is COC(=O)c1ccc(NC(=O)CC2CCC(c3ccccc3OCc3ccc(Cl)c4cc(F)oc34)CC2)c(NC[C@@H]2CCO2)c1. The first-order valence-corrected chi connectivity index (χ1v) is 15.7. The second-order valence-electron chi connectivity index (χ2n) is 11.7. The third kappa shape index (κ3) is 7.26. The van der Waals surface area contributed by atoms with Crippen molar-refractivity contribution in [2.75, 3.05) is 30.9 Å². The molecule has 1 saturated carbocycles. The van der Waals surface area contributed by atoms with Gasteiger partial charge in [0.15, 0.2) is 0 Å². The van der Waals surface area contributed by atoms with Gasteiger partial charge in [0.2, 0.25) is 5.91 Å². The molecule has 4 aromatic rings. The summed E-state index contributed by atoms with van der Waals surface area (Å²) in [6.45, 7) is 1.56. The van der Waals surface area contributed by atoms with Crippen LogP contribution in [0, 0.1) is 11.9 Å². The standard InChI is InChI=1S/C35H36ClFN2O6/c1-42-35(41)23-11-13-29(30(17-23)38-19-25-14-15-43-25)39-33(40)16-21-6-8-22(9-7-21)26-4-2-3-5-31(26)44-20-24-10-12-28(36)27-18-32(37)45-34(24)27/h2-5,10-13,17-18,21-22,25,38H,6-9,14-16,19-20H2,1H3,(H,39,40)/t21?,22?,25-/m0/s1. The number of nitrogens with one attached hydrogen (secondary N) is 2. The molecule has 1 aliphatic heterocycles. The van der Waals surface area contributed by atoms with E-state index in [1.165, 1.54) is 13.2 Å². The molecule has 1 aliphatic carbocycles. The van der Waals surface area contributed by atoms with Crippen LogP contribution < -0.4 is 15.4 Å². The fraction of sp³-hybridized carbons (Fsp3) is 0.371. The summed E-state index contributed by atoms with van der Waals surface area (Å²) in [5.41, 5.74) is 3.95. The first-order chi connectivity index (χ1) is 21.9. The zero-order valence-corrected chi connectivity index (χ0v) is 25.8. The van der Waals surface area contributed by atoms with E-state index in [-0.39, 0.29) is 24.5 Å². The summed E-state index contributed by atoms with van der Waals surface area (Å²) >= 11 is 6.21. The van der Waals surface area contributed by atoms with Crippen LogP contribution in [0.5, 0.6) is 5.75 Å². The molecule has 2 N–H and O–H groups in total. The average molecular weight is 635 g/mol. The number of hydrogen-bond donors (Lipinski definition) is 2. The Morgan fingerprint density at radius 1 is 1.00 bits per heavy atom. The van der Waals surface area contributed by atoms with Gasteiger partial charge < -0.3 is 29.3 Å². The van der Waals surface area contributed by atoms with Crippen LogP contribution in [0.15, 0.2) is 65.1 Å². The van der Waals surface area contributed by atoms with Gasteiger partial charge in [0.05, 0.1) is 35.2 Å². The highest BCUT2D eigenvalue weighted by Crippen LogP contribution is 2.41. The first kappa shape index (κ1) is 30.9. The van der Waals surface area contributed by atoms with E-state index in [1.54, 1.807) is 30.3 Å². The number of furan rings is 1. The van der Waals surface area contributed by atoms with E-state index in [0.717, 1.165) is 55.6 Å². The molecule has 2 aliphatic rings. The van der Waals surface area contributed by atoms with E-state index in [2.05, 4.69) is 16.7 Å². The second kappa shape index (κ2) is 13.9. The highest BCUT2D eigenvalue weighted by molar-refractivity contribution is 6.35. The molecule has 1 amide bonds. The van der Waals surface area contributed by atoms with Crippen molar-refractivity contribution >= 4 is 45.8 Å². The number of fused-ring (bicyclic) bond motifs is 1. The lowest BCUT2D eigenvalue weighted by atomic mass is 9.77. The number of para-hydroxylation sites is 1. The molecule has 0 radical (unpaired) electrons. The van der Waals surface area contributed by atoms with Crippen LogP contribution in [0.4, 0.5) is 15.8 Å². The largest absolute Gasteiger partial charge is 0.488 e. The topological polar surface area (TPSA) is 99.0 Å². The van der Waals surface area contributed by atoms with E-state index in [4.69, 9.17) is 30.2 Å². The van der Waals surface area contributed by atoms with Crippen LogP contribution in [-0.4, -0.2) is 38.2 Å². The van der Waals surface area contributed by atoms with Gasteiger partial charge in [-0.05, 0) is 79.8 Å². The summed E-state index contributed by atoms with van der Waals surface area (Å²) in [4.78, 5) is 25.2. The number of benzene rings is 3. The number of carbonyl (C=O) groups is 2. The summed E-state index contributed by atoms with van der Waals surface area (Å²) in [6.07, 6.45) is 5.23. The maximum absolute atomic E-state index is 13.8. The molecular formula is C35H36ClFN2O6. The van der Waals surface area contributed by atoms with Crippen LogP contribution in [0.3, 0.4) is 0 Å².